The molecule has 1 heterocycles. The first kappa shape index (κ1) is 9.58. The molecule has 78 valence electrons. The summed E-state index contributed by atoms with van der Waals surface area (Å²) in [6, 6.07) is 7.63. The number of rotatable bonds is 3. The summed E-state index contributed by atoms with van der Waals surface area (Å²) in [5.41, 5.74) is 1.80. The van der Waals surface area contributed by atoms with E-state index < -0.39 is 5.97 Å². The molecule has 4 nitrogen and oxygen atoms in total. The molecule has 0 radical (unpaired) electrons. The minimum Gasteiger partial charge on any atom is -0.479 e. The molecule has 0 aliphatic carbocycles. The number of hydrogen-bond donors (Lipinski definition) is 2. The molecule has 0 fully saturated rings. The summed E-state index contributed by atoms with van der Waals surface area (Å²) >= 11 is 0. The number of para-hydroxylation sites is 1. The van der Waals surface area contributed by atoms with Gasteiger partial charge in [0.1, 0.15) is 5.75 Å². The van der Waals surface area contributed by atoms with Crippen LogP contribution in [0.2, 0.25) is 0 Å². The van der Waals surface area contributed by atoms with Crippen LogP contribution in [0.15, 0.2) is 24.3 Å². The molecule has 15 heavy (non-hydrogen) atoms. The third kappa shape index (κ3) is 1.79. The van der Waals surface area contributed by atoms with Gasteiger partial charge in [0.05, 0.1) is 5.69 Å². The van der Waals surface area contributed by atoms with E-state index in [1.165, 1.54) is 0 Å². The molecule has 0 saturated heterocycles. The van der Waals surface area contributed by atoms with Crippen molar-refractivity contribution in [3.05, 3.63) is 30.0 Å². The number of H-pyrrole nitrogens is 1. The van der Waals surface area contributed by atoms with Crippen LogP contribution < -0.4 is 4.74 Å². The molecular formula is C11H11NO3. The van der Waals surface area contributed by atoms with E-state index >= 15 is 0 Å². The van der Waals surface area contributed by atoms with E-state index in [0.29, 0.717) is 5.75 Å². The number of ether oxygens (including phenoxy) is 1. The number of aromatic amines is 1. The monoisotopic (exact) mass is 205 g/mol. The van der Waals surface area contributed by atoms with Crippen LogP contribution in [0.25, 0.3) is 10.9 Å². The van der Waals surface area contributed by atoms with Gasteiger partial charge in [-0.2, -0.15) is 0 Å². The Bertz CT molecular complexity index is 502. The lowest BCUT2D eigenvalue weighted by atomic mass is 10.2. The van der Waals surface area contributed by atoms with Crippen molar-refractivity contribution in [2.24, 2.45) is 0 Å². The minimum atomic E-state index is -0.973. The van der Waals surface area contributed by atoms with Gasteiger partial charge in [-0.3, -0.25) is 0 Å². The average molecular weight is 205 g/mol. The van der Waals surface area contributed by atoms with E-state index in [4.69, 9.17) is 9.84 Å². The Labute approximate surface area is 86.5 Å². The van der Waals surface area contributed by atoms with Crippen LogP contribution in [-0.2, 0) is 4.79 Å². The Morgan fingerprint density at radius 3 is 2.93 bits per heavy atom. The van der Waals surface area contributed by atoms with Gasteiger partial charge in [0.2, 0.25) is 0 Å². The zero-order valence-corrected chi connectivity index (χ0v) is 8.28. The van der Waals surface area contributed by atoms with E-state index in [2.05, 4.69) is 4.98 Å². The zero-order chi connectivity index (χ0) is 10.8. The average Bonchev–Trinajstić information content (AvgIpc) is 2.50. The fourth-order valence-corrected chi connectivity index (χ4v) is 1.57. The fourth-order valence-electron chi connectivity index (χ4n) is 1.57. The molecule has 2 aromatic rings. The second-order valence-electron chi connectivity index (χ2n) is 3.31. The summed E-state index contributed by atoms with van der Waals surface area (Å²) in [6.45, 7) is 1.54. The highest BCUT2D eigenvalue weighted by Crippen LogP contribution is 2.29. The van der Waals surface area contributed by atoms with Gasteiger partial charge in [-0.05, 0) is 19.1 Å². The Morgan fingerprint density at radius 2 is 2.20 bits per heavy atom. The molecule has 0 atom stereocenters. The quantitative estimate of drug-likeness (QED) is 0.804. The summed E-state index contributed by atoms with van der Waals surface area (Å²) in [5.74, 6) is -0.354. The van der Waals surface area contributed by atoms with Crippen LogP contribution in [0.5, 0.6) is 5.75 Å². The van der Waals surface area contributed by atoms with E-state index in [1.54, 1.807) is 0 Å². The second kappa shape index (κ2) is 3.65. The zero-order valence-electron chi connectivity index (χ0n) is 8.28. The third-order valence-corrected chi connectivity index (χ3v) is 2.17. The maximum Gasteiger partial charge on any atom is 0.341 e. The number of carboxylic acid groups (broad SMARTS) is 1. The lowest BCUT2D eigenvalue weighted by Crippen LogP contribution is -2.09. The van der Waals surface area contributed by atoms with Crippen molar-refractivity contribution >= 4 is 16.9 Å². The topological polar surface area (TPSA) is 62.3 Å². The highest BCUT2D eigenvalue weighted by Gasteiger charge is 2.09. The number of benzene rings is 1. The highest BCUT2D eigenvalue weighted by molar-refractivity contribution is 5.87. The first-order valence-electron chi connectivity index (χ1n) is 4.60. The lowest BCUT2D eigenvalue weighted by Gasteiger charge is -2.02. The molecule has 1 aromatic carbocycles. The van der Waals surface area contributed by atoms with Crippen LogP contribution >= 0.6 is 0 Å². The molecule has 0 aliphatic heterocycles. The van der Waals surface area contributed by atoms with E-state index in [1.807, 2.05) is 31.2 Å². The Kier molecular flexibility index (Phi) is 2.33. The highest BCUT2D eigenvalue weighted by atomic mass is 16.5. The van der Waals surface area contributed by atoms with Gasteiger partial charge in [-0.1, -0.05) is 12.1 Å². The minimum absolute atomic E-state index is 0.317. The molecule has 0 amide bonds. The number of carboxylic acids is 1. The first-order valence-corrected chi connectivity index (χ1v) is 4.60. The molecule has 2 rings (SSSR count). The van der Waals surface area contributed by atoms with E-state index in [0.717, 1.165) is 16.6 Å². The summed E-state index contributed by atoms with van der Waals surface area (Å²) in [7, 11) is 0. The first-order chi connectivity index (χ1) is 7.18. The number of nitrogens with one attached hydrogen (secondary N) is 1. The molecule has 0 unspecified atom stereocenters. The molecule has 0 saturated carbocycles. The van der Waals surface area contributed by atoms with Gasteiger partial charge in [-0.25, -0.2) is 4.79 Å². The maximum atomic E-state index is 10.4. The molecular weight excluding hydrogens is 194 g/mol. The van der Waals surface area contributed by atoms with Crippen molar-refractivity contribution < 1.29 is 14.6 Å². The predicted octanol–water partition coefficient (Wildman–Crippen LogP) is 1.94. The van der Waals surface area contributed by atoms with Crippen molar-refractivity contribution in [2.75, 3.05) is 6.61 Å². The normalized spacial score (nSPS) is 10.5. The second-order valence-corrected chi connectivity index (χ2v) is 3.31. The SMILES string of the molecule is Cc1[nH]c2ccccc2c1OCC(=O)O. The number of carbonyl (C=O) groups is 1. The van der Waals surface area contributed by atoms with E-state index in [9.17, 15) is 4.79 Å². The standard InChI is InChI=1S/C11H11NO3/c1-7-11(15-6-10(13)14)8-4-2-3-5-9(8)12-7/h2-5,12H,6H2,1H3,(H,13,14). The van der Waals surface area contributed by atoms with Crippen molar-refractivity contribution in [3.63, 3.8) is 0 Å². The van der Waals surface area contributed by atoms with Gasteiger partial charge in [0.15, 0.2) is 6.61 Å². The van der Waals surface area contributed by atoms with Crippen LogP contribution in [0.3, 0.4) is 0 Å². The van der Waals surface area contributed by atoms with Crippen LogP contribution in [0, 0.1) is 6.92 Å². The number of aryl methyl sites for hydroxylation is 1. The van der Waals surface area contributed by atoms with Crippen molar-refractivity contribution in [1.29, 1.82) is 0 Å². The largest absolute Gasteiger partial charge is 0.479 e. The fraction of sp³-hybridized carbons (Fsp3) is 0.182. The van der Waals surface area contributed by atoms with Crippen molar-refractivity contribution in [2.45, 2.75) is 6.92 Å². The van der Waals surface area contributed by atoms with Gasteiger partial charge in [-0.15, -0.1) is 0 Å². The van der Waals surface area contributed by atoms with Crippen LogP contribution in [-0.4, -0.2) is 22.7 Å². The van der Waals surface area contributed by atoms with Gasteiger partial charge in [0.25, 0.3) is 0 Å². The third-order valence-electron chi connectivity index (χ3n) is 2.17. The van der Waals surface area contributed by atoms with Crippen LogP contribution in [0.4, 0.5) is 0 Å². The summed E-state index contributed by atoms with van der Waals surface area (Å²) in [5, 5.41) is 9.45. The molecule has 2 N–H and O–H groups in total. The number of aromatic nitrogens is 1. The van der Waals surface area contributed by atoms with Gasteiger partial charge < -0.3 is 14.8 Å². The summed E-state index contributed by atoms with van der Waals surface area (Å²) in [6.07, 6.45) is 0. The lowest BCUT2D eigenvalue weighted by molar-refractivity contribution is -0.139. The number of fused-ring (bicyclic) bond motifs is 1. The maximum absolute atomic E-state index is 10.4. The molecule has 0 spiro atoms. The van der Waals surface area contributed by atoms with Gasteiger partial charge >= 0.3 is 5.97 Å². The Morgan fingerprint density at radius 1 is 1.47 bits per heavy atom. The number of hydrogen-bond acceptors (Lipinski definition) is 2. The molecule has 4 heteroatoms. The molecule has 1 aromatic heterocycles. The summed E-state index contributed by atoms with van der Waals surface area (Å²) < 4.78 is 5.22. The Balaban J connectivity index is 2.40. The van der Waals surface area contributed by atoms with Gasteiger partial charge in [0, 0.05) is 10.9 Å². The van der Waals surface area contributed by atoms with Crippen molar-refractivity contribution in [1.82, 2.24) is 4.98 Å². The number of aliphatic carboxylic acids is 1. The summed E-state index contributed by atoms with van der Waals surface area (Å²) in [4.78, 5) is 13.5. The van der Waals surface area contributed by atoms with Crippen molar-refractivity contribution in [3.8, 4) is 5.75 Å². The smallest absolute Gasteiger partial charge is 0.341 e. The molecule has 0 bridgehead atoms. The Hall–Kier alpha value is -1.97. The predicted molar refractivity (Wildman–Crippen MR) is 56.2 cm³/mol. The van der Waals surface area contributed by atoms with Crippen LogP contribution in [0.1, 0.15) is 5.69 Å². The van der Waals surface area contributed by atoms with E-state index in [-0.39, 0.29) is 6.61 Å². The molecule has 0 aliphatic rings.